The molecule has 0 N–H and O–H groups in total. The molecule has 1 aliphatic heterocycles. The first-order chi connectivity index (χ1) is 19.8. The topological polar surface area (TPSA) is 101 Å². The normalized spacial score (nSPS) is 26.9. The van der Waals surface area contributed by atoms with Crippen molar-refractivity contribution in [3.05, 3.63) is 99.2 Å². The van der Waals surface area contributed by atoms with Gasteiger partial charge in [0.05, 0.1) is 22.4 Å². The highest BCUT2D eigenvalue weighted by Crippen LogP contribution is 2.65. The molecule has 2 aromatic carbocycles. The van der Waals surface area contributed by atoms with Gasteiger partial charge >= 0.3 is 5.97 Å². The molecule has 8 rings (SSSR count). The number of rotatable bonds is 7. The van der Waals surface area contributed by atoms with Crippen molar-refractivity contribution in [1.29, 1.82) is 0 Å². The molecule has 8 nitrogen and oxygen atoms in total. The van der Waals surface area contributed by atoms with Crippen LogP contribution in [0.3, 0.4) is 0 Å². The summed E-state index contributed by atoms with van der Waals surface area (Å²) >= 11 is 7.58. The molecule has 206 valence electrons. The predicted molar refractivity (Wildman–Crippen MR) is 149 cm³/mol. The molecule has 4 aliphatic carbocycles. The number of ether oxygens (including phenoxy) is 1. The lowest BCUT2D eigenvalue weighted by Gasteiger charge is -2.37. The number of thiophene rings is 1. The summed E-state index contributed by atoms with van der Waals surface area (Å²) in [5.41, 5.74) is 0.301. The Labute approximate surface area is 244 Å². The van der Waals surface area contributed by atoms with E-state index in [1.165, 1.54) is 47.7 Å². The van der Waals surface area contributed by atoms with E-state index in [2.05, 4.69) is 0 Å². The van der Waals surface area contributed by atoms with Crippen LogP contribution in [0.4, 0.5) is 0 Å². The van der Waals surface area contributed by atoms with Gasteiger partial charge in [-0.05, 0) is 77.9 Å². The van der Waals surface area contributed by atoms with Crippen molar-refractivity contribution in [2.24, 2.45) is 35.5 Å². The molecule has 3 aromatic rings. The molecule has 6 atom stereocenters. The number of allylic oxidation sites excluding steroid dienone is 2. The number of Topliss-reactive ketones (excluding diaryl/α,β-unsaturated/α-hetero) is 1. The molecule has 2 bridgehead atoms. The van der Waals surface area contributed by atoms with Crippen LogP contribution in [0.5, 0.6) is 5.75 Å². The first kappa shape index (κ1) is 25.9. The van der Waals surface area contributed by atoms with Crippen LogP contribution >= 0.6 is 22.9 Å². The smallest absolute Gasteiger partial charge is 0.353 e. The number of carbonyl (C=O) groups is 5. The Morgan fingerprint density at radius 1 is 0.902 bits per heavy atom. The Balaban J connectivity index is 1.16. The number of nitrogens with zero attached hydrogens (tertiary/aromatic N) is 2. The fourth-order valence-corrected chi connectivity index (χ4v) is 7.49. The number of carbonyl (C=O) groups excluding carboxylic acids is 5. The summed E-state index contributed by atoms with van der Waals surface area (Å²) in [6.07, 6.45) is 5.11. The fraction of sp³-hybridized carbons (Fsp3) is 0.258. The van der Waals surface area contributed by atoms with Gasteiger partial charge in [-0.2, -0.15) is 5.01 Å². The van der Waals surface area contributed by atoms with Gasteiger partial charge in [-0.15, -0.1) is 11.3 Å². The summed E-state index contributed by atoms with van der Waals surface area (Å²) < 4.78 is 5.36. The third-order valence-electron chi connectivity index (χ3n) is 8.62. The molecule has 3 fully saturated rings. The lowest BCUT2D eigenvalue weighted by atomic mass is 9.63. The van der Waals surface area contributed by atoms with E-state index in [0.717, 1.165) is 16.4 Å². The maximum atomic E-state index is 13.8. The van der Waals surface area contributed by atoms with Gasteiger partial charge in [0.1, 0.15) is 17.2 Å². The number of esters is 1. The van der Waals surface area contributed by atoms with Gasteiger partial charge in [0, 0.05) is 5.56 Å². The average molecular weight is 587 g/mol. The van der Waals surface area contributed by atoms with E-state index in [9.17, 15) is 24.0 Å². The highest BCUT2D eigenvalue weighted by Gasteiger charge is 2.68. The molecule has 2 saturated carbocycles. The van der Waals surface area contributed by atoms with Gasteiger partial charge in [0.15, 0.2) is 5.78 Å². The predicted octanol–water partition coefficient (Wildman–Crippen LogP) is 4.91. The molecule has 2 heterocycles. The molecular formula is C31H23ClN2O6S. The summed E-state index contributed by atoms with van der Waals surface area (Å²) in [5.74, 6) is -2.72. The first-order valence-corrected chi connectivity index (χ1v) is 14.6. The number of benzene rings is 2. The number of halogens is 1. The minimum Gasteiger partial charge on any atom is -0.422 e. The highest BCUT2D eigenvalue weighted by atomic mass is 35.5. The summed E-state index contributed by atoms with van der Waals surface area (Å²) in [6, 6.07) is 15.6. The van der Waals surface area contributed by atoms with Gasteiger partial charge in [0.25, 0.3) is 17.7 Å². The zero-order chi connectivity index (χ0) is 28.4. The van der Waals surface area contributed by atoms with Crippen LogP contribution in [0.25, 0.3) is 0 Å². The Bertz CT molecular complexity index is 1600. The summed E-state index contributed by atoms with van der Waals surface area (Å²) in [7, 11) is 0. The molecule has 10 heteroatoms. The van der Waals surface area contributed by atoms with Crippen LogP contribution in [0.15, 0.2) is 78.2 Å². The van der Waals surface area contributed by atoms with Crippen molar-refractivity contribution in [1.82, 2.24) is 10.0 Å². The maximum absolute atomic E-state index is 13.8. The quantitative estimate of drug-likeness (QED) is 0.128. The van der Waals surface area contributed by atoms with Gasteiger partial charge in [-0.25, -0.2) is 9.80 Å². The van der Waals surface area contributed by atoms with Crippen molar-refractivity contribution >= 4 is 52.4 Å². The Kier molecular flexibility index (Phi) is 6.17. The molecule has 0 spiro atoms. The SMILES string of the molecule is O=C(CN(C(=O)c1ccccc1Cl)N1C(=O)[C@@H]2[C@H]3C=C[C@@H]([C@@H]4C[C@@H]34)[C@@H]2C1=O)c1ccc(OC(=O)c2cccs2)cc1. The number of hydrazine groups is 1. The van der Waals surface area contributed by atoms with Crippen LogP contribution in [0, 0.1) is 35.5 Å². The van der Waals surface area contributed by atoms with Crippen LogP contribution in [0.1, 0.15) is 36.8 Å². The monoisotopic (exact) mass is 586 g/mol. The third-order valence-corrected chi connectivity index (χ3v) is 9.80. The van der Waals surface area contributed by atoms with E-state index < -0.39 is 47.9 Å². The van der Waals surface area contributed by atoms with Gasteiger partial charge < -0.3 is 4.74 Å². The second-order valence-corrected chi connectivity index (χ2v) is 12.2. The largest absolute Gasteiger partial charge is 0.422 e. The minimum atomic E-state index is -0.712. The minimum absolute atomic E-state index is 0.0335. The molecule has 1 saturated heterocycles. The number of ketones is 1. The molecule has 1 aromatic heterocycles. The summed E-state index contributed by atoms with van der Waals surface area (Å²) in [6.45, 7) is -0.551. The van der Waals surface area contributed by atoms with E-state index in [4.69, 9.17) is 16.3 Å². The Hall–Kier alpha value is -4.08. The van der Waals surface area contributed by atoms with E-state index in [-0.39, 0.29) is 33.7 Å². The maximum Gasteiger partial charge on any atom is 0.353 e. The Morgan fingerprint density at radius 3 is 2.17 bits per heavy atom. The standard InChI is InChI=1S/C31H23ClN2O6S/c32-23-5-2-1-4-20(23)28(36)33(34-29(37)26-18-11-12-19(22-14-21(18)22)27(26)30(34)38)15-24(35)16-7-9-17(10-8-16)40-31(39)25-6-3-13-41-25/h1-13,18-19,21-22,26-27H,14-15H2/t18-,19-,21-,22-,26-,27+/m0/s1. The van der Waals surface area contributed by atoms with Gasteiger partial charge in [-0.1, -0.05) is 42.0 Å². The number of amides is 3. The summed E-state index contributed by atoms with van der Waals surface area (Å²) in [5, 5.41) is 3.75. The van der Waals surface area contributed by atoms with Crippen molar-refractivity contribution in [2.75, 3.05) is 6.54 Å². The van der Waals surface area contributed by atoms with E-state index in [1.54, 1.807) is 29.6 Å². The van der Waals surface area contributed by atoms with E-state index in [1.807, 2.05) is 12.2 Å². The molecule has 0 radical (unpaired) electrons. The molecule has 0 unspecified atom stereocenters. The van der Waals surface area contributed by atoms with Crippen LogP contribution in [-0.2, 0) is 9.59 Å². The molecule has 41 heavy (non-hydrogen) atoms. The summed E-state index contributed by atoms with van der Waals surface area (Å²) in [4.78, 5) is 67.6. The second kappa shape index (κ2) is 9.78. The zero-order valence-electron chi connectivity index (χ0n) is 21.5. The molecule has 5 aliphatic rings. The third kappa shape index (κ3) is 4.22. The lowest BCUT2D eigenvalue weighted by Crippen LogP contribution is -2.52. The van der Waals surface area contributed by atoms with Crippen LogP contribution < -0.4 is 4.74 Å². The number of hydrogen-bond donors (Lipinski definition) is 0. The average Bonchev–Trinajstić information content (AvgIpc) is 3.54. The zero-order valence-corrected chi connectivity index (χ0v) is 23.1. The number of hydrogen-bond acceptors (Lipinski definition) is 7. The Morgan fingerprint density at radius 2 is 1.56 bits per heavy atom. The molecule has 3 amide bonds. The lowest BCUT2D eigenvalue weighted by molar-refractivity contribution is -0.154. The van der Waals surface area contributed by atoms with E-state index in [0.29, 0.717) is 16.7 Å². The van der Waals surface area contributed by atoms with Crippen molar-refractivity contribution in [3.8, 4) is 5.75 Å². The number of imide groups is 1. The van der Waals surface area contributed by atoms with Crippen LogP contribution in [0.2, 0.25) is 5.02 Å². The van der Waals surface area contributed by atoms with Crippen molar-refractivity contribution in [2.45, 2.75) is 6.42 Å². The first-order valence-electron chi connectivity index (χ1n) is 13.3. The second-order valence-electron chi connectivity index (χ2n) is 10.8. The van der Waals surface area contributed by atoms with Gasteiger partial charge in [-0.3, -0.25) is 19.2 Å². The van der Waals surface area contributed by atoms with Crippen LogP contribution in [-0.4, -0.2) is 46.0 Å². The van der Waals surface area contributed by atoms with Crippen molar-refractivity contribution < 1.29 is 28.7 Å². The molecular weight excluding hydrogens is 564 g/mol. The van der Waals surface area contributed by atoms with Crippen molar-refractivity contribution in [3.63, 3.8) is 0 Å². The fourth-order valence-electron chi connectivity index (χ4n) is 6.67. The van der Waals surface area contributed by atoms with E-state index >= 15 is 0 Å². The van der Waals surface area contributed by atoms with Gasteiger partial charge in [0.2, 0.25) is 0 Å². The highest BCUT2D eigenvalue weighted by molar-refractivity contribution is 7.12.